The molecule has 1 aliphatic heterocycles. The summed E-state index contributed by atoms with van der Waals surface area (Å²) in [5, 5.41) is 4.19. The van der Waals surface area contributed by atoms with Crippen LogP contribution in [0.1, 0.15) is 35.0 Å². The molecular formula is C21H23N3OS. The van der Waals surface area contributed by atoms with Crippen LogP contribution in [0.4, 0.5) is 5.69 Å². The second-order valence-electron chi connectivity index (χ2n) is 7.01. The van der Waals surface area contributed by atoms with Crippen molar-refractivity contribution in [3.63, 3.8) is 0 Å². The predicted octanol–water partition coefficient (Wildman–Crippen LogP) is 4.69. The van der Waals surface area contributed by atoms with Crippen LogP contribution in [-0.2, 0) is 4.79 Å². The number of hydrogen-bond acceptors (Lipinski definition) is 4. The summed E-state index contributed by atoms with van der Waals surface area (Å²) in [7, 11) is 0. The van der Waals surface area contributed by atoms with Crippen LogP contribution >= 0.6 is 11.3 Å². The van der Waals surface area contributed by atoms with E-state index in [2.05, 4.69) is 35.3 Å². The quantitative estimate of drug-likeness (QED) is 0.729. The van der Waals surface area contributed by atoms with E-state index in [1.54, 1.807) is 11.3 Å². The minimum absolute atomic E-state index is 0.0463. The molecule has 0 bridgehead atoms. The van der Waals surface area contributed by atoms with Crippen LogP contribution in [0.15, 0.2) is 42.5 Å². The molecule has 4 nitrogen and oxygen atoms in total. The number of amides is 1. The summed E-state index contributed by atoms with van der Waals surface area (Å²) in [4.78, 5) is 19.7. The minimum Gasteiger partial charge on any atom is -0.325 e. The van der Waals surface area contributed by atoms with E-state index >= 15 is 0 Å². The number of para-hydroxylation sites is 1. The Morgan fingerprint density at radius 1 is 1.27 bits per heavy atom. The van der Waals surface area contributed by atoms with E-state index in [0.29, 0.717) is 6.54 Å². The van der Waals surface area contributed by atoms with Gasteiger partial charge < -0.3 is 5.32 Å². The summed E-state index contributed by atoms with van der Waals surface area (Å²) in [5.41, 5.74) is 4.26. The fourth-order valence-electron chi connectivity index (χ4n) is 3.66. The zero-order valence-corrected chi connectivity index (χ0v) is 16.0. The van der Waals surface area contributed by atoms with Gasteiger partial charge in [0.2, 0.25) is 5.91 Å². The van der Waals surface area contributed by atoms with E-state index in [9.17, 15) is 4.79 Å². The van der Waals surface area contributed by atoms with Gasteiger partial charge in [0.1, 0.15) is 5.01 Å². The molecule has 26 heavy (non-hydrogen) atoms. The lowest BCUT2D eigenvalue weighted by molar-refractivity contribution is -0.117. The number of fused-ring (bicyclic) bond motifs is 1. The Morgan fingerprint density at radius 2 is 2.12 bits per heavy atom. The molecule has 134 valence electrons. The average Bonchev–Trinajstić information content (AvgIpc) is 3.23. The first kappa shape index (κ1) is 17.2. The van der Waals surface area contributed by atoms with Crippen molar-refractivity contribution in [2.24, 2.45) is 0 Å². The maximum atomic E-state index is 12.6. The van der Waals surface area contributed by atoms with E-state index < -0.39 is 0 Å². The molecule has 0 radical (unpaired) electrons. The van der Waals surface area contributed by atoms with Gasteiger partial charge in [0.15, 0.2) is 0 Å². The largest absolute Gasteiger partial charge is 0.325 e. The van der Waals surface area contributed by atoms with Gasteiger partial charge in [-0.2, -0.15) is 0 Å². The third kappa shape index (κ3) is 3.50. The first-order valence-electron chi connectivity index (χ1n) is 9.07. The number of nitrogens with one attached hydrogen (secondary N) is 1. The van der Waals surface area contributed by atoms with E-state index in [-0.39, 0.29) is 11.9 Å². The van der Waals surface area contributed by atoms with Crippen LogP contribution in [0.5, 0.6) is 0 Å². The first-order valence-corrected chi connectivity index (χ1v) is 9.88. The Kier molecular flexibility index (Phi) is 4.74. The smallest absolute Gasteiger partial charge is 0.238 e. The van der Waals surface area contributed by atoms with Gasteiger partial charge >= 0.3 is 0 Å². The lowest BCUT2D eigenvalue weighted by atomic mass is 10.1. The van der Waals surface area contributed by atoms with Crippen LogP contribution in [0.3, 0.4) is 0 Å². The summed E-state index contributed by atoms with van der Waals surface area (Å²) in [6, 6.07) is 14.6. The molecule has 0 unspecified atom stereocenters. The van der Waals surface area contributed by atoms with Gasteiger partial charge in [-0.3, -0.25) is 9.69 Å². The van der Waals surface area contributed by atoms with Crippen molar-refractivity contribution >= 4 is 33.1 Å². The van der Waals surface area contributed by atoms with Crippen molar-refractivity contribution in [1.82, 2.24) is 9.88 Å². The number of likely N-dealkylation sites (tertiary alicyclic amines) is 1. The molecule has 1 saturated heterocycles. The molecule has 4 rings (SSSR count). The number of carbonyl (C=O) groups is 1. The maximum absolute atomic E-state index is 12.6. The molecule has 2 heterocycles. The fraction of sp³-hybridized carbons (Fsp3) is 0.333. The number of anilines is 1. The standard InChI is InChI=1S/C21H23N3OS/c1-14-9-10-16(15(2)12-14)22-20(25)13-24-11-5-7-18(24)21-23-17-6-3-4-8-19(17)26-21/h3-4,6,8-10,12,18H,5,7,11,13H2,1-2H3,(H,22,25)/t18-/m0/s1. The Bertz CT molecular complexity index is 916. The summed E-state index contributed by atoms with van der Waals surface area (Å²) in [6.07, 6.45) is 2.17. The minimum atomic E-state index is 0.0463. The van der Waals surface area contributed by atoms with Gasteiger partial charge in [-0.15, -0.1) is 11.3 Å². The molecule has 1 amide bonds. The Balaban J connectivity index is 1.47. The molecule has 3 aromatic rings. The molecule has 1 aromatic heterocycles. The normalized spacial score (nSPS) is 17.7. The molecule has 1 fully saturated rings. The molecule has 0 aliphatic carbocycles. The molecule has 0 saturated carbocycles. The van der Waals surface area contributed by atoms with Crippen LogP contribution < -0.4 is 5.32 Å². The van der Waals surface area contributed by atoms with Crippen molar-refractivity contribution in [3.05, 3.63) is 58.6 Å². The monoisotopic (exact) mass is 365 g/mol. The Morgan fingerprint density at radius 3 is 2.92 bits per heavy atom. The topological polar surface area (TPSA) is 45.2 Å². The van der Waals surface area contributed by atoms with Crippen LogP contribution in [-0.4, -0.2) is 28.9 Å². The molecular weight excluding hydrogens is 342 g/mol. The SMILES string of the molecule is Cc1ccc(NC(=O)CN2CCC[C@H]2c2nc3ccccc3s2)c(C)c1. The second-order valence-corrected chi connectivity index (χ2v) is 8.08. The Labute approximate surface area is 157 Å². The van der Waals surface area contributed by atoms with E-state index in [4.69, 9.17) is 4.98 Å². The predicted molar refractivity (Wildman–Crippen MR) is 108 cm³/mol. The van der Waals surface area contributed by atoms with Crippen molar-refractivity contribution in [2.45, 2.75) is 32.7 Å². The van der Waals surface area contributed by atoms with Gasteiger partial charge in [0.05, 0.1) is 22.8 Å². The number of hydrogen-bond donors (Lipinski definition) is 1. The Hall–Kier alpha value is -2.24. The van der Waals surface area contributed by atoms with Crippen LogP contribution in [0.25, 0.3) is 10.2 Å². The third-order valence-corrected chi connectivity index (χ3v) is 6.10. The fourth-order valence-corrected chi connectivity index (χ4v) is 4.79. The van der Waals surface area contributed by atoms with Gasteiger partial charge in [-0.1, -0.05) is 29.8 Å². The number of thiazole rings is 1. The summed E-state index contributed by atoms with van der Waals surface area (Å²) in [5.74, 6) is 0.0463. The van der Waals surface area contributed by atoms with Crippen molar-refractivity contribution in [1.29, 1.82) is 0 Å². The molecule has 1 atom stereocenters. The number of aryl methyl sites for hydroxylation is 2. The van der Waals surface area contributed by atoms with Crippen molar-refractivity contribution in [2.75, 3.05) is 18.4 Å². The summed E-state index contributed by atoms with van der Waals surface area (Å²) < 4.78 is 1.22. The highest BCUT2D eigenvalue weighted by Gasteiger charge is 2.30. The number of nitrogens with zero attached hydrogens (tertiary/aromatic N) is 2. The molecule has 1 aliphatic rings. The summed E-state index contributed by atoms with van der Waals surface area (Å²) >= 11 is 1.75. The number of aromatic nitrogens is 1. The van der Waals surface area contributed by atoms with Crippen molar-refractivity contribution in [3.8, 4) is 0 Å². The zero-order chi connectivity index (χ0) is 18.1. The molecule has 1 N–H and O–H groups in total. The lowest BCUT2D eigenvalue weighted by Crippen LogP contribution is -2.33. The number of carbonyl (C=O) groups excluding carboxylic acids is 1. The van der Waals surface area contributed by atoms with E-state index in [1.165, 1.54) is 10.3 Å². The zero-order valence-electron chi connectivity index (χ0n) is 15.2. The lowest BCUT2D eigenvalue weighted by Gasteiger charge is -2.22. The second kappa shape index (κ2) is 7.17. The maximum Gasteiger partial charge on any atom is 0.238 e. The number of benzene rings is 2. The molecule has 0 spiro atoms. The number of rotatable bonds is 4. The van der Waals surface area contributed by atoms with Gasteiger partial charge in [-0.25, -0.2) is 4.98 Å². The average molecular weight is 366 g/mol. The van der Waals surface area contributed by atoms with Gasteiger partial charge in [0, 0.05) is 5.69 Å². The molecule has 5 heteroatoms. The van der Waals surface area contributed by atoms with Crippen LogP contribution in [0, 0.1) is 13.8 Å². The highest BCUT2D eigenvalue weighted by molar-refractivity contribution is 7.18. The van der Waals surface area contributed by atoms with E-state index in [0.717, 1.165) is 41.2 Å². The highest BCUT2D eigenvalue weighted by Crippen LogP contribution is 2.36. The molecule has 2 aromatic carbocycles. The van der Waals surface area contributed by atoms with E-state index in [1.807, 2.05) is 31.2 Å². The third-order valence-electron chi connectivity index (χ3n) is 4.96. The summed E-state index contributed by atoms with van der Waals surface area (Å²) in [6.45, 7) is 5.45. The van der Waals surface area contributed by atoms with Gasteiger partial charge in [-0.05, 0) is 57.0 Å². The first-order chi connectivity index (χ1) is 12.6. The van der Waals surface area contributed by atoms with Gasteiger partial charge in [0.25, 0.3) is 0 Å². The van der Waals surface area contributed by atoms with Crippen molar-refractivity contribution < 1.29 is 4.79 Å². The highest BCUT2D eigenvalue weighted by atomic mass is 32.1. The van der Waals surface area contributed by atoms with Crippen LogP contribution in [0.2, 0.25) is 0 Å².